The van der Waals surface area contributed by atoms with Crippen LogP contribution < -0.4 is 9.80 Å². The van der Waals surface area contributed by atoms with Crippen LogP contribution in [-0.4, -0.2) is 0 Å². The first kappa shape index (κ1) is 40.3. The summed E-state index contributed by atoms with van der Waals surface area (Å²) in [5.74, 6) is 0. The van der Waals surface area contributed by atoms with Crippen molar-refractivity contribution in [2.24, 2.45) is 0 Å². The molecule has 0 saturated heterocycles. The van der Waals surface area contributed by atoms with E-state index in [2.05, 4.69) is 289 Å². The Kier molecular flexibility index (Phi) is 9.77. The molecule has 2 nitrogen and oxygen atoms in total. The summed E-state index contributed by atoms with van der Waals surface area (Å²) in [7, 11) is 0. The van der Waals surface area contributed by atoms with Crippen LogP contribution in [0.1, 0.15) is 22.3 Å². The van der Waals surface area contributed by atoms with Gasteiger partial charge in [0.2, 0.25) is 0 Å². The summed E-state index contributed by atoms with van der Waals surface area (Å²) in [6.45, 7) is 0. The van der Waals surface area contributed by atoms with Gasteiger partial charge in [0, 0.05) is 22.7 Å². The molecule has 69 heavy (non-hydrogen) atoms. The fourth-order valence-corrected chi connectivity index (χ4v) is 11.2. The molecule has 1 aliphatic heterocycles. The van der Waals surface area contributed by atoms with Gasteiger partial charge < -0.3 is 9.80 Å². The van der Waals surface area contributed by atoms with Gasteiger partial charge in [0.1, 0.15) is 0 Å². The van der Waals surface area contributed by atoms with Crippen LogP contribution in [0.25, 0.3) is 55.6 Å². The molecule has 2 heteroatoms. The first-order chi connectivity index (χ1) is 34.2. The van der Waals surface area contributed by atoms with E-state index in [1.807, 2.05) is 0 Å². The predicted octanol–water partition coefficient (Wildman–Crippen LogP) is 18.0. The largest absolute Gasteiger partial charge is 0.310 e. The van der Waals surface area contributed by atoms with Gasteiger partial charge in [-0.3, -0.25) is 0 Å². The van der Waals surface area contributed by atoms with Crippen molar-refractivity contribution in [2.45, 2.75) is 5.41 Å². The fraction of sp³-hybridized carbons (Fsp3) is 0.0149. The van der Waals surface area contributed by atoms with E-state index < -0.39 is 5.41 Å². The van der Waals surface area contributed by atoms with Crippen LogP contribution in [0.2, 0.25) is 0 Å². The molecule has 0 atom stereocenters. The lowest BCUT2D eigenvalue weighted by Gasteiger charge is -2.45. The lowest BCUT2D eigenvalue weighted by atomic mass is 9.64. The molecule has 0 aromatic heterocycles. The molecule has 2 aliphatic rings. The number of para-hydroxylation sites is 3. The first-order valence-electron chi connectivity index (χ1n) is 23.8. The Bertz CT molecular complexity index is 3530. The summed E-state index contributed by atoms with van der Waals surface area (Å²) in [6, 6.07) is 102. The minimum absolute atomic E-state index is 0.576. The number of hydrogen-bond acceptors (Lipinski definition) is 2. The minimum Gasteiger partial charge on any atom is -0.310 e. The van der Waals surface area contributed by atoms with Crippen LogP contribution in [0.15, 0.2) is 279 Å². The highest BCUT2D eigenvalue weighted by Gasteiger charge is 2.51. The number of anilines is 6. The van der Waals surface area contributed by atoms with E-state index in [-0.39, 0.29) is 0 Å². The van der Waals surface area contributed by atoms with E-state index >= 15 is 0 Å². The molecule has 11 aromatic carbocycles. The number of fused-ring (bicyclic) bond motifs is 9. The molecular formula is C67H46N2. The van der Waals surface area contributed by atoms with Gasteiger partial charge in [-0.15, -0.1) is 0 Å². The van der Waals surface area contributed by atoms with Gasteiger partial charge in [0.05, 0.1) is 16.8 Å². The zero-order valence-corrected chi connectivity index (χ0v) is 38.0. The molecule has 0 amide bonds. The third-order valence-electron chi connectivity index (χ3n) is 14.2. The van der Waals surface area contributed by atoms with Crippen molar-refractivity contribution in [1.82, 2.24) is 0 Å². The summed E-state index contributed by atoms with van der Waals surface area (Å²) in [5.41, 5.74) is 23.4. The van der Waals surface area contributed by atoms with Gasteiger partial charge in [-0.1, -0.05) is 200 Å². The lowest BCUT2D eigenvalue weighted by molar-refractivity contribution is 0.752. The van der Waals surface area contributed by atoms with Gasteiger partial charge >= 0.3 is 0 Å². The third-order valence-corrected chi connectivity index (χ3v) is 14.2. The molecule has 0 bridgehead atoms. The van der Waals surface area contributed by atoms with Gasteiger partial charge in [0.15, 0.2) is 0 Å². The first-order valence-corrected chi connectivity index (χ1v) is 23.8. The van der Waals surface area contributed by atoms with Crippen molar-refractivity contribution >= 4 is 34.1 Å². The zero-order chi connectivity index (χ0) is 45.7. The Balaban J connectivity index is 0.995. The van der Waals surface area contributed by atoms with Gasteiger partial charge in [-0.2, -0.15) is 0 Å². The number of benzene rings is 11. The highest BCUT2D eigenvalue weighted by Crippen LogP contribution is 2.64. The highest BCUT2D eigenvalue weighted by atomic mass is 15.2. The average Bonchev–Trinajstić information content (AvgIpc) is 3.72. The average molecular weight is 879 g/mol. The molecular weight excluding hydrogens is 833 g/mol. The second-order valence-corrected chi connectivity index (χ2v) is 18.1. The molecule has 0 radical (unpaired) electrons. The van der Waals surface area contributed by atoms with E-state index in [1.54, 1.807) is 0 Å². The summed E-state index contributed by atoms with van der Waals surface area (Å²) in [6.07, 6.45) is 0. The fourth-order valence-electron chi connectivity index (χ4n) is 11.2. The molecule has 0 fully saturated rings. The van der Waals surface area contributed by atoms with E-state index in [0.717, 1.165) is 28.3 Å². The lowest BCUT2D eigenvalue weighted by Crippen LogP contribution is -2.36. The van der Waals surface area contributed by atoms with E-state index in [4.69, 9.17) is 0 Å². The third kappa shape index (κ3) is 6.72. The molecule has 0 N–H and O–H groups in total. The van der Waals surface area contributed by atoms with Crippen molar-refractivity contribution < 1.29 is 0 Å². The number of nitrogens with zero attached hydrogens (tertiary/aromatic N) is 2. The smallest absolute Gasteiger partial charge is 0.0755 e. The van der Waals surface area contributed by atoms with Crippen LogP contribution in [0, 0.1) is 0 Å². The topological polar surface area (TPSA) is 6.48 Å². The van der Waals surface area contributed by atoms with Crippen molar-refractivity contribution in [3.63, 3.8) is 0 Å². The maximum absolute atomic E-state index is 2.48. The second kappa shape index (κ2) is 16.7. The SMILES string of the molecule is c1ccc(-c2ccc(N(c3ccc(-c4cc(-c5ccccc5)cc(-c5ccccc5)c4)cc3)c3ccc4c(c3)C3(c5ccccc5-4)c4ccccc4N(c4ccccc4)c4ccccc43)cc2)cc1. The molecule has 13 rings (SSSR count). The summed E-state index contributed by atoms with van der Waals surface area (Å²) >= 11 is 0. The van der Waals surface area contributed by atoms with Crippen LogP contribution in [0.5, 0.6) is 0 Å². The van der Waals surface area contributed by atoms with Crippen molar-refractivity contribution in [3.05, 3.63) is 301 Å². The zero-order valence-electron chi connectivity index (χ0n) is 38.0. The number of hydrogen-bond donors (Lipinski definition) is 0. The van der Waals surface area contributed by atoms with Crippen LogP contribution in [0.3, 0.4) is 0 Å². The maximum atomic E-state index is 2.48. The maximum Gasteiger partial charge on any atom is 0.0755 e. The second-order valence-electron chi connectivity index (χ2n) is 18.1. The Labute approximate surface area is 404 Å². The van der Waals surface area contributed by atoms with Crippen LogP contribution >= 0.6 is 0 Å². The molecule has 1 heterocycles. The minimum atomic E-state index is -0.576. The Morgan fingerprint density at radius 1 is 0.246 bits per heavy atom. The summed E-state index contributed by atoms with van der Waals surface area (Å²) < 4.78 is 0. The van der Waals surface area contributed by atoms with Crippen molar-refractivity contribution in [2.75, 3.05) is 9.80 Å². The van der Waals surface area contributed by atoms with Crippen molar-refractivity contribution in [3.8, 4) is 55.6 Å². The van der Waals surface area contributed by atoms with Gasteiger partial charge in [-0.25, -0.2) is 0 Å². The standard InChI is InChI=1S/C67H46N2/c1-5-19-47(20-6-1)50-33-37-56(38-34-50)68(57-39-35-51(36-40-57)54-44-52(48-21-7-2-8-22-48)43-53(45-54)49-23-9-3-10-24-49)58-41-42-60-59-27-13-14-28-61(59)67(64(60)46-58)62-29-15-17-31-65(62)69(55-25-11-4-12-26-55)66-32-18-16-30-63(66)67/h1-46H. The molecule has 1 spiro atoms. The summed E-state index contributed by atoms with van der Waals surface area (Å²) in [4.78, 5) is 4.88. The number of rotatable bonds is 8. The van der Waals surface area contributed by atoms with Crippen molar-refractivity contribution in [1.29, 1.82) is 0 Å². The van der Waals surface area contributed by atoms with Gasteiger partial charge in [0.25, 0.3) is 0 Å². The quantitative estimate of drug-likeness (QED) is 0.150. The Morgan fingerprint density at radius 3 is 1.12 bits per heavy atom. The molecule has 1 aliphatic carbocycles. The van der Waals surface area contributed by atoms with Crippen LogP contribution in [-0.2, 0) is 5.41 Å². The monoisotopic (exact) mass is 878 g/mol. The molecule has 324 valence electrons. The Hall–Kier alpha value is -8.98. The molecule has 0 saturated carbocycles. The van der Waals surface area contributed by atoms with E-state index in [9.17, 15) is 0 Å². The van der Waals surface area contributed by atoms with E-state index in [0.29, 0.717) is 0 Å². The van der Waals surface area contributed by atoms with Crippen LogP contribution in [0.4, 0.5) is 34.1 Å². The summed E-state index contributed by atoms with van der Waals surface area (Å²) in [5, 5.41) is 0. The molecule has 0 unspecified atom stereocenters. The molecule has 11 aromatic rings. The van der Waals surface area contributed by atoms with Gasteiger partial charge in [-0.05, 0) is 157 Å². The normalized spacial score (nSPS) is 12.7. The predicted molar refractivity (Wildman–Crippen MR) is 288 cm³/mol. The Morgan fingerprint density at radius 2 is 0.609 bits per heavy atom. The van der Waals surface area contributed by atoms with E-state index in [1.165, 1.54) is 83.7 Å². The highest BCUT2D eigenvalue weighted by molar-refractivity contribution is 5.97.